The van der Waals surface area contributed by atoms with Crippen LogP contribution in [0.15, 0.2) is 48.5 Å². The normalized spacial score (nSPS) is 27.3. The minimum absolute atomic E-state index is 0.200. The molecule has 17 atom stereocenters. The smallest absolute Gasteiger partial charge is 0.407 e. The van der Waals surface area contributed by atoms with Gasteiger partial charge in [-0.3, -0.25) is 47.9 Å². The van der Waals surface area contributed by atoms with Gasteiger partial charge in [0.2, 0.25) is 11.8 Å². The van der Waals surface area contributed by atoms with Crippen LogP contribution in [-0.2, 0) is 129 Å². The molecule has 3 fully saturated rings. The van der Waals surface area contributed by atoms with Gasteiger partial charge in [-0.1, -0.05) is 48.5 Å². The number of rotatable bonds is 24. The third kappa shape index (κ3) is 20.1. The lowest BCUT2D eigenvalue weighted by Crippen LogP contribution is -2.70. The van der Waals surface area contributed by atoms with Gasteiger partial charge in [0.25, 0.3) is 0 Å². The second kappa shape index (κ2) is 32.3. The molecular weight excluding hydrogens is 1220 g/mol. The van der Waals surface area contributed by atoms with Crippen LogP contribution in [0.2, 0.25) is 0 Å². The molecule has 3 N–H and O–H groups in total. The molecule has 3 amide bonds. The Morgan fingerprint density at radius 3 is 1.33 bits per heavy atom. The van der Waals surface area contributed by atoms with Gasteiger partial charge < -0.3 is 91.7 Å². The van der Waals surface area contributed by atoms with Crippen LogP contribution < -0.4 is 16.0 Å². The van der Waals surface area contributed by atoms with E-state index in [0.717, 1.165) is 91.5 Å². The Hall–Kier alpha value is -8.36. The number of amides is 3. The molecule has 3 aliphatic heterocycles. The standard InChI is InChI=1S/C61H79N3O28/c1-27(46(56(75)92-61(12,13)14)64-60(76)80-23-42-40-21-17-15-19-38(40)39-20-16-18-22-41(39)42)81-58-48(63-29(3)66)53(91-59-55(87-37(11)74)54(86-36(10)73)51(84-34(8)71)44(90-59)25-78-31(5)68)50(83-33(7)70)45(89-58)26-79-57-47(62-28(2)65)52(85-35(9)72)49(82-32(6)69)43(88-57)24-77-30(4)67/h15-22,27,42-55,57-59H,23-26H2,1-14H3,(H,62,65)(H,63,66)(H,64,76)/t27-,43-,44-,45-,46+,47-,48-,49-,50+,51+,52-,53-,54+,55-,57-,58+,59+/m1/s1. The van der Waals surface area contributed by atoms with E-state index in [4.69, 9.17) is 75.8 Å². The highest BCUT2D eigenvalue weighted by Gasteiger charge is 2.59. The second-order valence-corrected chi connectivity index (χ2v) is 22.9. The number of fused-ring (bicyclic) bond motifs is 3. The number of esters is 9. The predicted octanol–water partition coefficient (Wildman–Crippen LogP) is 1.94. The van der Waals surface area contributed by atoms with E-state index < -0.39 is 207 Å². The van der Waals surface area contributed by atoms with Crippen LogP contribution in [0.5, 0.6) is 0 Å². The molecular formula is C61H79N3O28. The van der Waals surface area contributed by atoms with Crippen molar-refractivity contribution < 1.29 is 133 Å². The third-order valence-corrected chi connectivity index (χ3v) is 14.1. The van der Waals surface area contributed by atoms with Crippen LogP contribution in [-0.4, -0.2) is 208 Å². The largest absolute Gasteiger partial charge is 0.463 e. The molecule has 0 saturated carbocycles. The van der Waals surface area contributed by atoms with Crippen LogP contribution in [0.3, 0.4) is 0 Å². The van der Waals surface area contributed by atoms with E-state index in [9.17, 15) is 57.5 Å². The van der Waals surface area contributed by atoms with E-state index in [0.29, 0.717) is 0 Å². The lowest BCUT2D eigenvalue weighted by Gasteiger charge is -2.50. The van der Waals surface area contributed by atoms with E-state index in [1.807, 2.05) is 48.5 Å². The highest BCUT2D eigenvalue weighted by atomic mass is 16.8. The zero-order valence-electron chi connectivity index (χ0n) is 53.3. The predicted molar refractivity (Wildman–Crippen MR) is 307 cm³/mol. The molecule has 92 heavy (non-hydrogen) atoms. The molecule has 3 saturated heterocycles. The van der Waals surface area contributed by atoms with Crippen LogP contribution in [0.4, 0.5) is 4.79 Å². The van der Waals surface area contributed by atoms with Crippen molar-refractivity contribution in [3.05, 3.63) is 59.7 Å². The molecule has 1 aliphatic carbocycles. The SMILES string of the molecule is CC(=O)N[C@H]1[C@@H](O[C@H](C)[C@H](NC(=O)OCC2c3ccccc3-c3ccccc32)C(=O)OC(C)(C)C)O[C@H](CO[C@@H]2O[C@H](COC(C)=O)[C@@H](OC(C)=O)[C@H](OC(C)=O)[C@H]2NC(C)=O)[C@H](OC(C)=O)[C@@H]1O[C@@H]1O[C@H](COC(C)=O)[C@H](OC(C)=O)[C@H](OC(C)=O)[C@H]1OC(C)=O. The summed E-state index contributed by atoms with van der Waals surface area (Å²) in [5, 5.41) is 7.76. The maximum atomic E-state index is 14.4. The van der Waals surface area contributed by atoms with E-state index in [1.54, 1.807) is 20.8 Å². The molecule has 506 valence electrons. The Morgan fingerprint density at radius 1 is 0.457 bits per heavy atom. The quantitative estimate of drug-likeness (QED) is 0.0998. The van der Waals surface area contributed by atoms with Gasteiger partial charge in [-0.2, -0.15) is 0 Å². The first-order chi connectivity index (χ1) is 43.2. The minimum atomic E-state index is -2.09. The van der Waals surface area contributed by atoms with Gasteiger partial charge in [0, 0.05) is 75.2 Å². The Kier molecular flexibility index (Phi) is 25.5. The van der Waals surface area contributed by atoms with Gasteiger partial charge in [0.05, 0.1) is 12.7 Å². The molecule has 31 heteroatoms. The monoisotopic (exact) mass is 1300 g/mol. The Bertz CT molecular complexity index is 2990. The van der Waals surface area contributed by atoms with Crippen molar-refractivity contribution in [2.75, 3.05) is 26.4 Å². The van der Waals surface area contributed by atoms with Crippen molar-refractivity contribution in [1.29, 1.82) is 0 Å². The summed E-state index contributed by atoms with van der Waals surface area (Å²) in [6, 6.07) is 9.96. The lowest BCUT2D eigenvalue weighted by atomic mass is 9.94. The third-order valence-electron chi connectivity index (χ3n) is 14.1. The van der Waals surface area contributed by atoms with Gasteiger partial charge in [0.1, 0.15) is 61.9 Å². The molecule has 0 radical (unpaired) electrons. The molecule has 2 aromatic carbocycles. The van der Waals surface area contributed by atoms with Crippen molar-refractivity contribution in [3.8, 4) is 11.1 Å². The molecule has 0 bridgehead atoms. The highest BCUT2D eigenvalue weighted by Crippen LogP contribution is 2.45. The van der Waals surface area contributed by atoms with Crippen LogP contribution in [0.1, 0.15) is 114 Å². The van der Waals surface area contributed by atoms with Crippen molar-refractivity contribution >= 4 is 71.6 Å². The molecule has 0 aromatic heterocycles. The average Bonchev–Trinajstić information content (AvgIpc) is 1.03. The van der Waals surface area contributed by atoms with Crippen molar-refractivity contribution in [2.45, 2.75) is 213 Å². The summed E-state index contributed by atoms with van der Waals surface area (Å²) in [5.41, 5.74) is 2.43. The number of benzene rings is 2. The number of hydrogen-bond acceptors (Lipinski definition) is 28. The fraction of sp³-hybridized carbons (Fsp3) is 0.607. The molecule has 6 rings (SSSR count). The number of carbonyl (C=O) groups excluding carboxylic acids is 12. The average molecular weight is 1300 g/mol. The molecule has 0 spiro atoms. The van der Waals surface area contributed by atoms with Gasteiger partial charge in [-0.05, 0) is 49.9 Å². The summed E-state index contributed by atoms with van der Waals surface area (Å²) < 4.78 is 95.1. The lowest BCUT2D eigenvalue weighted by molar-refractivity contribution is -0.353. The van der Waals surface area contributed by atoms with Crippen LogP contribution in [0.25, 0.3) is 11.1 Å². The second-order valence-electron chi connectivity index (χ2n) is 22.9. The number of ether oxygens (including phenoxy) is 16. The molecule has 31 nitrogen and oxygen atoms in total. The van der Waals surface area contributed by atoms with Crippen molar-refractivity contribution in [3.63, 3.8) is 0 Å². The highest BCUT2D eigenvalue weighted by molar-refractivity contribution is 5.83. The molecule has 0 unspecified atom stereocenters. The zero-order valence-corrected chi connectivity index (χ0v) is 53.3. The van der Waals surface area contributed by atoms with E-state index in [1.165, 1.54) is 6.92 Å². The Morgan fingerprint density at radius 2 is 0.859 bits per heavy atom. The van der Waals surface area contributed by atoms with Crippen LogP contribution >= 0.6 is 0 Å². The van der Waals surface area contributed by atoms with E-state index in [-0.39, 0.29) is 6.61 Å². The number of alkyl carbamates (subject to hydrolysis) is 1. The van der Waals surface area contributed by atoms with Gasteiger partial charge in [0.15, 0.2) is 61.5 Å². The van der Waals surface area contributed by atoms with Gasteiger partial charge in [-0.15, -0.1) is 0 Å². The topological polar surface area (TPSA) is 389 Å². The van der Waals surface area contributed by atoms with Gasteiger partial charge in [-0.25, -0.2) is 9.59 Å². The summed E-state index contributed by atoms with van der Waals surface area (Å²) in [7, 11) is 0. The summed E-state index contributed by atoms with van der Waals surface area (Å²) in [5.74, 6) is -10.7. The van der Waals surface area contributed by atoms with Crippen LogP contribution in [0, 0.1) is 0 Å². The number of hydrogen-bond donors (Lipinski definition) is 3. The van der Waals surface area contributed by atoms with Crippen molar-refractivity contribution in [2.24, 2.45) is 0 Å². The first-order valence-electron chi connectivity index (χ1n) is 29.3. The Labute approximate surface area is 529 Å². The molecule has 2 aromatic rings. The summed E-state index contributed by atoms with van der Waals surface area (Å²) in [4.78, 5) is 157. The minimum Gasteiger partial charge on any atom is -0.463 e. The summed E-state index contributed by atoms with van der Waals surface area (Å²) in [6.07, 6.45) is -26.1. The van der Waals surface area contributed by atoms with E-state index >= 15 is 0 Å². The molecule has 3 heterocycles. The van der Waals surface area contributed by atoms with Gasteiger partial charge >= 0.3 is 59.8 Å². The summed E-state index contributed by atoms with van der Waals surface area (Å²) >= 11 is 0. The fourth-order valence-electron chi connectivity index (χ4n) is 10.9. The first-order valence-corrected chi connectivity index (χ1v) is 29.3. The molecule has 4 aliphatic rings. The number of nitrogens with one attached hydrogen (secondary N) is 3. The number of carbonyl (C=O) groups is 12. The fourth-order valence-corrected chi connectivity index (χ4v) is 10.9. The summed E-state index contributed by atoms with van der Waals surface area (Å²) in [6.45, 7) is 13.7. The Balaban J connectivity index is 1.49. The van der Waals surface area contributed by atoms with Crippen molar-refractivity contribution in [1.82, 2.24) is 16.0 Å². The first kappa shape index (κ1) is 72.7. The van der Waals surface area contributed by atoms with E-state index in [2.05, 4.69) is 16.0 Å². The zero-order chi connectivity index (χ0) is 68.1. The maximum Gasteiger partial charge on any atom is 0.407 e. The maximum absolute atomic E-state index is 14.4.